The van der Waals surface area contributed by atoms with E-state index in [-0.39, 0.29) is 35.2 Å². The smallest absolute Gasteiger partial charge is 0.387 e. The summed E-state index contributed by atoms with van der Waals surface area (Å²) >= 11 is 1.08. The number of anilines is 1. The lowest BCUT2D eigenvalue weighted by Crippen LogP contribution is -2.09. The topological polar surface area (TPSA) is 121 Å². The summed E-state index contributed by atoms with van der Waals surface area (Å²) in [5.41, 5.74) is -0.00831. The van der Waals surface area contributed by atoms with Gasteiger partial charge in [-0.1, -0.05) is 0 Å². The number of thiazole rings is 1. The fourth-order valence-corrected chi connectivity index (χ4v) is 2.81. The largest absolute Gasteiger partial charge is 0.466 e. The van der Waals surface area contributed by atoms with Crippen LogP contribution in [0.4, 0.5) is 19.6 Å². The van der Waals surface area contributed by atoms with Gasteiger partial charge in [0.1, 0.15) is 5.75 Å². The van der Waals surface area contributed by atoms with E-state index in [1.807, 2.05) is 0 Å². The van der Waals surface area contributed by atoms with E-state index < -0.39 is 23.4 Å². The summed E-state index contributed by atoms with van der Waals surface area (Å²) in [6.07, 6.45) is 2.05. The van der Waals surface area contributed by atoms with Crippen molar-refractivity contribution in [3.63, 3.8) is 0 Å². The van der Waals surface area contributed by atoms with Gasteiger partial charge >= 0.3 is 12.6 Å². The Kier molecular flexibility index (Phi) is 7.71. The van der Waals surface area contributed by atoms with Crippen molar-refractivity contribution in [3.8, 4) is 5.75 Å². The number of carbonyl (C=O) groups is 2. The first kappa shape index (κ1) is 21.9. The van der Waals surface area contributed by atoms with Gasteiger partial charge in [0.15, 0.2) is 5.13 Å². The molecule has 12 heteroatoms. The van der Waals surface area contributed by atoms with Gasteiger partial charge in [-0.2, -0.15) is 8.78 Å². The molecule has 0 saturated heterocycles. The molecule has 2 rings (SSSR count). The lowest BCUT2D eigenvalue weighted by molar-refractivity contribution is -0.384. The quantitative estimate of drug-likeness (QED) is 0.282. The van der Waals surface area contributed by atoms with Crippen LogP contribution >= 0.6 is 11.3 Å². The van der Waals surface area contributed by atoms with E-state index in [1.165, 1.54) is 0 Å². The van der Waals surface area contributed by atoms with Crippen LogP contribution < -0.4 is 10.1 Å². The third kappa shape index (κ3) is 6.92. The Balaban J connectivity index is 2.08. The molecule has 1 heterocycles. The highest BCUT2D eigenvalue weighted by Gasteiger charge is 2.14. The summed E-state index contributed by atoms with van der Waals surface area (Å²) in [6, 6.07) is 3.03. The van der Waals surface area contributed by atoms with Crippen LogP contribution in [-0.2, 0) is 20.7 Å². The number of amides is 1. The van der Waals surface area contributed by atoms with Crippen molar-refractivity contribution >= 4 is 40.1 Å². The molecule has 0 spiro atoms. The molecule has 0 atom stereocenters. The van der Waals surface area contributed by atoms with Crippen LogP contribution in [0.15, 0.2) is 29.7 Å². The Morgan fingerprint density at radius 3 is 2.83 bits per heavy atom. The van der Waals surface area contributed by atoms with Gasteiger partial charge in [0.2, 0.25) is 5.91 Å². The first-order valence-corrected chi connectivity index (χ1v) is 8.98. The molecule has 1 N–H and O–H groups in total. The van der Waals surface area contributed by atoms with Crippen LogP contribution in [0.5, 0.6) is 5.75 Å². The van der Waals surface area contributed by atoms with Gasteiger partial charge < -0.3 is 9.47 Å². The third-order valence-corrected chi connectivity index (χ3v) is 4.05. The summed E-state index contributed by atoms with van der Waals surface area (Å²) in [7, 11) is 0. The molecule has 0 aliphatic carbocycles. The molecule has 0 saturated carbocycles. The Labute approximate surface area is 167 Å². The second kappa shape index (κ2) is 10.2. The van der Waals surface area contributed by atoms with E-state index >= 15 is 0 Å². The van der Waals surface area contributed by atoms with Crippen molar-refractivity contribution in [1.29, 1.82) is 0 Å². The SMILES string of the molecule is CCOC(=O)Cc1csc(NC(=O)/C=C/c2cc([N+](=O)[O-])ccc2OC(F)F)n1. The number of benzene rings is 1. The number of nitrogens with zero attached hydrogens (tertiary/aromatic N) is 2. The van der Waals surface area contributed by atoms with Gasteiger partial charge in [-0.15, -0.1) is 11.3 Å². The number of hydrogen-bond donors (Lipinski definition) is 1. The predicted octanol–water partition coefficient (Wildman–Crippen LogP) is 3.41. The van der Waals surface area contributed by atoms with Crippen molar-refractivity contribution in [2.75, 3.05) is 11.9 Å². The molecule has 0 radical (unpaired) electrons. The fraction of sp³-hybridized carbons (Fsp3) is 0.235. The van der Waals surface area contributed by atoms with Crippen molar-refractivity contribution in [1.82, 2.24) is 4.98 Å². The van der Waals surface area contributed by atoms with Crippen LogP contribution in [0, 0.1) is 10.1 Å². The number of carbonyl (C=O) groups excluding carboxylic acids is 2. The normalized spacial score (nSPS) is 10.9. The molecular weight excluding hydrogens is 412 g/mol. The molecular formula is C17H15F2N3O6S. The molecule has 9 nitrogen and oxygen atoms in total. The zero-order chi connectivity index (χ0) is 21.4. The molecule has 154 valence electrons. The van der Waals surface area contributed by atoms with Crippen LogP contribution in [0.3, 0.4) is 0 Å². The third-order valence-electron chi connectivity index (χ3n) is 3.25. The average molecular weight is 427 g/mol. The number of rotatable bonds is 9. The minimum atomic E-state index is -3.13. The van der Waals surface area contributed by atoms with Crippen molar-refractivity contribution in [2.24, 2.45) is 0 Å². The highest BCUT2D eigenvalue weighted by atomic mass is 32.1. The van der Waals surface area contributed by atoms with Crippen LogP contribution in [0.1, 0.15) is 18.2 Å². The zero-order valence-electron chi connectivity index (χ0n) is 15.0. The van der Waals surface area contributed by atoms with Gasteiger partial charge in [-0.3, -0.25) is 25.0 Å². The Morgan fingerprint density at radius 2 is 2.17 bits per heavy atom. The Bertz CT molecular complexity index is 932. The number of esters is 1. The van der Waals surface area contributed by atoms with E-state index in [1.54, 1.807) is 12.3 Å². The van der Waals surface area contributed by atoms with E-state index in [0.717, 1.165) is 41.7 Å². The van der Waals surface area contributed by atoms with Gasteiger partial charge in [0.25, 0.3) is 5.69 Å². The number of non-ortho nitro benzene ring substituents is 1. The van der Waals surface area contributed by atoms with E-state index in [9.17, 15) is 28.5 Å². The Morgan fingerprint density at radius 1 is 1.41 bits per heavy atom. The molecule has 0 aliphatic heterocycles. The number of nitro benzene ring substituents is 1. The molecule has 29 heavy (non-hydrogen) atoms. The number of halogens is 2. The molecule has 0 bridgehead atoms. The summed E-state index contributed by atoms with van der Waals surface area (Å²) in [6.45, 7) is -1.21. The second-order valence-electron chi connectivity index (χ2n) is 5.31. The zero-order valence-corrected chi connectivity index (χ0v) is 15.8. The lowest BCUT2D eigenvalue weighted by Gasteiger charge is -2.07. The number of alkyl halides is 2. The average Bonchev–Trinajstić information content (AvgIpc) is 3.07. The number of nitrogens with one attached hydrogen (secondary N) is 1. The monoisotopic (exact) mass is 427 g/mol. The van der Waals surface area contributed by atoms with Crippen LogP contribution in [0.25, 0.3) is 6.08 Å². The maximum absolute atomic E-state index is 12.5. The summed E-state index contributed by atoms with van der Waals surface area (Å²) in [5.74, 6) is -1.43. The van der Waals surface area contributed by atoms with E-state index in [4.69, 9.17) is 4.74 Å². The molecule has 0 unspecified atom stereocenters. The summed E-state index contributed by atoms with van der Waals surface area (Å²) in [5, 5.41) is 15.1. The van der Waals surface area contributed by atoms with Crippen LogP contribution in [-0.4, -0.2) is 35.0 Å². The first-order valence-electron chi connectivity index (χ1n) is 8.10. The predicted molar refractivity (Wildman–Crippen MR) is 99.8 cm³/mol. The number of hydrogen-bond acceptors (Lipinski definition) is 8. The number of ether oxygens (including phenoxy) is 2. The summed E-state index contributed by atoms with van der Waals surface area (Å²) < 4.78 is 34.1. The maximum Gasteiger partial charge on any atom is 0.387 e. The molecule has 1 aromatic heterocycles. The molecule has 0 fully saturated rings. The summed E-state index contributed by atoms with van der Waals surface area (Å²) in [4.78, 5) is 37.7. The maximum atomic E-state index is 12.5. The number of aromatic nitrogens is 1. The Hall–Kier alpha value is -3.41. The van der Waals surface area contributed by atoms with E-state index in [0.29, 0.717) is 5.69 Å². The molecule has 2 aromatic rings. The first-order chi connectivity index (χ1) is 13.8. The van der Waals surface area contributed by atoms with Crippen molar-refractivity contribution in [3.05, 3.63) is 51.0 Å². The standard InChI is InChI=1S/C17H15F2N3O6S/c1-2-27-15(24)8-11-9-29-17(20-11)21-14(23)6-3-10-7-12(22(25)26)4-5-13(10)28-16(18)19/h3-7,9,16H,2,8H2,1H3,(H,20,21,23)/b6-3+. The van der Waals surface area contributed by atoms with Gasteiger partial charge in [0.05, 0.1) is 23.6 Å². The van der Waals surface area contributed by atoms with Gasteiger partial charge in [-0.25, -0.2) is 4.98 Å². The highest BCUT2D eigenvalue weighted by molar-refractivity contribution is 7.14. The van der Waals surface area contributed by atoms with Gasteiger partial charge in [0, 0.05) is 29.2 Å². The minimum Gasteiger partial charge on any atom is -0.466 e. The molecule has 1 aromatic carbocycles. The lowest BCUT2D eigenvalue weighted by atomic mass is 10.1. The molecule has 0 aliphatic rings. The van der Waals surface area contributed by atoms with Crippen LogP contribution in [0.2, 0.25) is 0 Å². The molecule has 1 amide bonds. The highest BCUT2D eigenvalue weighted by Crippen LogP contribution is 2.27. The minimum absolute atomic E-state index is 0.0436. The van der Waals surface area contributed by atoms with Crippen molar-refractivity contribution < 1.29 is 32.8 Å². The van der Waals surface area contributed by atoms with E-state index in [2.05, 4.69) is 15.0 Å². The van der Waals surface area contributed by atoms with Crippen molar-refractivity contribution in [2.45, 2.75) is 20.0 Å². The second-order valence-corrected chi connectivity index (χ2v) is 6.16. The number of nitro groups is 1. The van der Waals surface area contributed by atoms with Gasteiger partial charge in [-0.05, 0) is 19.1 Å². The fourth-order valence-electron chi connectivity index (χ4n) is 2.10.